The van der Waals surface area contributed by atoms with Crippen molar-refractivity contribution in [3.05, 3.63) is 65.7 Å². The second-order valence-electron chi connectivity index (χ2n) is 8.11. The number of hydrogen-bond acceptors (Lipinski definition) is 7. The van der Waals surface area contributed by atoms with Crippen LogP contribution in [0, 0.1) is 12.3 Å². The minimum atomic E-state index is -0.978. The lowest BCUT2D eigenvalue weighted by Gasteiger charge is -2.27. The van der Waals surface area contributed by atoms with Crippen LogP contribution in [0.4, 0.5) is 0 Å². The van der Waals surface area contributed by atoms with Gasteiger partial charge in [-0.25, -0.2) is 14.8 Å². The highest BCUT2D eigenvalue weighted by Crippen LogP contribution is 2.31. The summed E-state index contributed by atoms with van der Waals surface area (Å²) in [5, 5.41) is 19.0. The van der Waals surface area contributed by atoms with Crippen molar-refractivity contribution in [3.63, 3.8) is 0 Å². The second kappa shape index (κ2) is 11.0. The van der Waals surface area contributed by atoms with Gasteiger partial charge in [-0.2, -0.15) is 5.10 Å². The third kappa shape index (κ3) is 5.14. The summed E-state index contributed by atoms with van der Waals surface area (Å²) in [5.41, 5.74) is 4.15. The molecule has 180 valence electrons. The van der Waals surface area contributed by atoms with Crippen molar-refractivity contribution in [3.8, 4) is 34.9 Å². The number of aromatic amines is 1. The quantitative estimate of drug-likeness (QED) is 0.261. The van der Waals surface area contributed by atoms with Crippen LogP contribution in [0.2, 0.25) is 0 Å². The van der Waals surface area contributed by atoms with Gasteiger partial charge in [0.15, 0.2) is 5.82 Å². The molecule has 9 heteroatoms. The predicted molar refractivity (Wildman–Crippen MR) is 132 cm³/mol. The van der Waals surface area contributed by atoms with Crippen LogP contribution in [-0.2, 0) is 28.2 Å². The first-order valence-corrected chi connectivity index (χ1v) is 11.5. The van der Waals surface area contributed by atoms with Crippen LogP contribution >= 0.6 is 0 Å². The lowest BCUT2D eigenvalue weighted by atomic mass is 9.98. The number of ether oxygens (including phenoxy) is 2. The largest absolute Gasteiger partial charge is 0.347 e. The monoisotopic (exact) mass is 471 g/mol. The fourth-order valence-corrected chi connectivity index (χ4v) is 4.13. The molecule has 2 aromatic heterocycles. The smallest absolute Gasteiger partial charge is 0.231 e. The van der Waals surface area contributed by atoms with Crippen LogP contribution in [0.1, 0.15) is 43.4 Å². The molecule has 2 aromatic carbocycles. The Labute approximate surface area is 204 Å². The van der Waals surface area contributed by atoms with Crippen LogP contribution < -0.4 is 0 Å². The van der Waals surface area contributed by atoms with Gasteiger partial charge in [0.1, 0.15) is 5.82 Å². The standard InChI is InChI=1S/C26H29N7O2/c1-5-7-17-33-23(27-25(30-33)26(34-3,35-4)16-6-2)18-19-12-14-20(15-13-19)21-10-8-9-11-22(21)24-28-31-32-29-24/h1,8-15H,6-7,16-18H2,2-4H3,(H,28,29,31,32). The van der Waals surface area contributed by atoms with E-state index in [1.54, 1.807) is 14.2 Å². The van der Waals surface area contributed by atoms with E-state index in [0.717, 1.165) is 34.5 Å². The third-order valence-corrected chi connectivity index (χ3v) is 5.95. The number of H-pyrrole nitrogens is 1. The fraction of sp³-hybridized carbons (Fsp3) is 0.346. The topological polar surface area (TPSA) is 104 Å². The Kier molecular flexibility index (Phi) is 7.65. The molecule has 0 aliphatic carbocycles. The van der Waals surface area contributed by atoms with Crippen LogP contribution in [0.3, 0.4) is 0 Å². The molecule has 4 aromatic rings. The van der Waals surface area contributed by atoms with E-state index >= 15 is 0 Å². The van der Waals surface area contributed by atoms with Crippen molar-refractivity contribution in [2.45, 2.75) is 44.9 Å². The third-order valence-electron chi connectivity index (χ3n) is 5.95. The molecule has 0 radical (unpaired) electrons. The zero-order chi connectivity index (χ0) is 24.7. The number of hydrogen-bond donors (Lipinski definition) is 1. The molecule has 9 nitrogen and oxygen atoms in total. The average molecular weight is 472 g/mol. The zero-order valence-electron chi connectivity index (χ0n) is 20.2. The summed E-state index contributed by atoms with van der Waals surface area (Å²) >= 11 is 0. The Morgan fingerprint density at radius 2 is 1.80 bits per heavy atom. The van der Waals surface area contributed by atoms with E-state index in [1.807, 2.05) is 22.9 Å². The second-order valence-corrected chi connectivity index (χ2v) is 8.11. The maximum Gasteiger partial charge on any atom is 0.231 e. The zero-order valence-corrected chi connectivity index (χ0v) is 20.2. The van der Waals surface area contributed by atoms with Gasteiger partial charge in [0.25, 0.3) is 0 Å². The number of rotatable bonds is 11. The summed E-state index contributed by atoms with van der Waals surface area (Å²) in [6, 6.07) is 16.4. The van der Waals surface area contributed by atoms with Gasteiger partial charge in [-0.1, -0.05) is 61.9 Å². The van der Waals surface area contributed by atoms with Gasteiger partial charge in [0.05, 0.1) is 6.54 Å². The van der Waals surface area contributed by atoms with E-state index in [9.17, 15) is 0 Å². The van der Waals surface area contributed by atoms with Crippen molar-refractivity contribution in [2.75, 3.05) is 14.2 Å². The summed E-state index contributed by atoms with van der Waals surface area (Å²) in [7, 11) is 3.23. The molecule has 0 fully saturated rings. The van der Waals surface area contributed by atoms with Crippen molar-refractivity contribution < 1.29 is 9.47 Å². The van der Waals surface area contributed by atoms with Crippen LogP contribution in [-0.4, -0.2) is 49.6 Å². The molecule has 0 amide bonds. The highest BCUT2D eigenvalue weighted by molar-refractivity contribution is 5.80. The first kappa shape index (κ1) is 24.3. The van der Waals surface area contributed by atoms with Gasteiger partial charge in [0, 0.05) is 39.0 Å². The molecule has 1 N–H and O–H groups in total. The maximum atomic E-state index is 5.73. The summed E-state index contributed by atoms with van der Waals surface area (Å²) in [4.78, 5) is 4.83. The Hall–Kier alpha value is -3.87. The first-order valence-electron chi connectivity index (χ1n) is 11.5. The van der Waals surface area contributed by atoms with Crippen molar-refractivity contribution in [1.29, 1.82) is 0 Å². The van der Waals surface area contributed by atoms with E-state index in [1.165, 1.54) is 0 Å². The van der Waals surface area contributed by atoms with Gasteiger partial charge in [0.2, 0.25) is 11.6 Å². The SMILES string of the molecule is C#CCCn1nc(C(CCC)(OC)OC)nc1Cc1ccc(-c2ccccc2-c2nnn[nH]2)cc1. The minimum absolute atomic E-state index is 0.516. The number of nitrogens with zero attached hydrogens (tertiary/aromatic N) is 6. The number of methoxy groups -OCH3 is 2. The molecule has 35 heavy (non-hydrogen) atoms. The van der Waals surface area contributed by atoms with Crippen molar-refractivity contribution in [1.82, 2.24) is 35.4 Å². The summed E-state index contributed by atoms with van der Waals surface area (Å²) in [6.45, 7) is 2.65. The molecule has 4 rings (SSSR count). The van der Waals surface area contributed by atoms with Gasteiger partial charge < -0.3 is 9.47 Å². The lowest BCUT2D eigenvalue weighted by Crippen LogP contribution is -2.32. The van der Waals surface area contributed by atoms with Gasteiger partial charge in [-0.15, -0.1) is 17.4 Å². The van der Waals surface area contributed by atoms with Gasteiger partial charge in [-0.3, -0.25) is 0 Å². The number of terminal acetylenes is 1. The molecule has 0 unspecified atom stereocenters. The maximum absolute atomic E-state index is 5.73. The van der Waals surface area contributed by atoms with E-state index in [4.69, 9.17) is 26.0 Å². The van der Waals surface area contributed by atoms with Crippen LogP contribution in [0.5, 0.6) is 0 Å². The van der Waals surface area contributed by atoms with E-state index < -0.39 is 5.79 Å². The minimum Gasteiger partial charge on any atom is -0.347 e. The summed E-state index contributed by atoms with van der Waals surface area (Å²) in [6.07, 6.45) is 8.18. The number of tetrazole rings is 1. The molecule has 0 atom stereocenters. The first-order chi connectivity index (χ1) is 17.1. The molecule has 2 heterocycles. The van der Waals surface area contributed by atoms with Crippen molar-refractivity contribution >= 4 is 0 Å². The molecule has 0 aliphatic rings. The highest BCUT2D eigenvalue weighted by Gasteiger charge is 2.36. The lowest BCUT2D eigenvalue weighted by molar-refractivity contribution is -0.225. The van der Waals surface area contributed by atoms with E-state index in [2.05, 4.69) is 63.8 Å². The van der Waals surface area contributed by atoms with Crippen molar-refractivity contribution in [2.24, 2.45) is 0 Å². The molecule has 0 spiro atoms. The number of aromatic nitrogens is 7. The molecule has 0 bridgehead atoms. The molecular formula is C26H29N7O2. The Bertz CT molecular complexity index is 1270. The van der Waals surface area contributed by atoms with E-state index in [0.29, 0.717) is 37.5 Å². The number of aryl methyl sites for hydroxylation is 1. The predicted octanol–water partition coefficient (Wildman–Crippen LogP) is 3.99. The van der Waals surface area contributed by atoms with Gasteiger partial charge in [-0.05, 0) is 27.1 Å². The van der Waals surface area contributed by atoms with Crippen LogP contribution in [0.15, 0.2) is 48.5 Å². The summed E-state index contributed by atoms with van der Waals surface area (Å²) < 4.78 is 13.3. The molecule has 0 saturated carbocycles. The Morgan fingerprint density at radius 3 is 2.43 bits per heavy atom. The van der Waals surface area contributed by atoms with Crippen LogP contribution in [0.25, 0.3) is 22.5 Å². The average Bonchev–Trinajstić information content (AvgIpc) is 3.57. The van der Waals surface area contributed by atoms with Gasteiger partial charge >= 0.3 is 0 Å². The Balaban J connectivity index is 1.63. The highest BCUT2D eigenvalue weighted by atomic mass is 16.7. The van der Waals surface area contributed by atoms with E-state index in [-0.39, 0.29) is 0 Å². The molecule has 0 saturated heterocycles. The Morgan fingerprint density at radius 1 is 1.06 bits per heavy atom. The number of nitrogens with one attached hydrogen (secondary N) is 1. The molecular weight excluding hydrogens is 442 g/mol. The summed E-state index contributed by atoms with van der Waals surface area (Å²) in [5.74, 6) is 3.66. The fourth-order valence-electron chi connectivity index (χ4n) is 4.13. The normalized spacial score (nSPS) is 11.5. The number of benzene rings is 2. The molecule has 0 aliphatic heterocycles.